The molecular weight excluding hydrogens is 485 g/mol. The molecule has 0 atom stereocenters. The lowest BCUT2D eigenvalue weighted by atomic mass is 9.96. The van der Waals surface area contributed by atoms with Gasteiger partial charge in [0.25, 0.3) is 0 Å². The van der Waals surface area contributed by atoms with Crippen LogP contribution in [0.25, 0.3) is 11.1 Å². The number of nitrogens with two attached hydrogens (primary N) is 1. The number of aromatic nitrogens is 1. The molecule has 0 bridgehead atoms. The smallest absolute Gasteiger partial charge is 0.225 e. The summed E-state index contributed by atoms with van der Waals surface area (Å²) in [6, 6.07) is 13.2. The summed E-state index contributed by atoms with van der Waals surface area (Å²) in [6.07, 6.45) is 0.0188. The van der Waals surface area contributed by atoms with Crippen molar-refractivity contribution in [3.8, 4) is 40.5 Å². The van der Waals surface area contributed by atoms with Crippen LogP contribution in [0.2, 0.25) is 0 Å². The molecular formula is C25H22FN5O4S. The molecule has 0 aliphatic carbocycles. The van der Waals surface area contributed by atoms with Crippen LogP contribution >= 0.6 is 11.8 Å². The molecule has 0 saturated carbocycles. The van der Waals surface area contributed by atoms with Crippen LogP contribution in [0.1, 0.15) is 17.5 Å². The molecule has 3 N–H and O–H groups in total. The number of pyridine rings is 1. The highest BCUT2D eigenvalue weighted by Crippen LogP contribution is 2.44. The number of amides is 1. The quantitative estimate of drug-likeness (QED) is 0.404. The molecule has 0 aliphatic rings. The predicted octanol–water partition coefficient (Wildman–Crippen LogP) is 4.36. The number of halogens is 1. The van der Waals surface area contributed by atoms with Crippen molar-refractivity contribution in [2.24, 2.45) is 0 Å². The molecule has 1 amide bonds. The molecule has 9 nitrogen and oxygen atoms in total. The van der Waals surface area contributed by atoms with E-state index < -0.39 is 11.7 Å². The number of benzene rings is 2. The van der Waals surface area contributed by atoms with Gasteiger partial charge in [0.2, 0.25) is 11.7 Å². The lowest BCUT2D eigenvalue weighted by Gasteiger charge is -2.17. The third-order valence-corrected chi connectivity index (χ3v) is 6.06. The summed E-state index contributed by atoms with van der Waals surface area (Å²) in [5.41, 5.74) is 6.97. The molecule has 0 spiro atoms. The fourth-order valence-corrected chi connectivity index (χ4v) is 4.37. The monoisotopic (exact) mass is 507 g/mol. The Labute approximate surface area is 211 Å². The molecule has 184 valence electrons. The third kappa shape index (κ3) is 5.43. The van der Waals surface area contributed by atoms with Crippen LogP contribution in [0.3, 0.4) is 0 Å². The van der Waals surface area contributed by atoms with Crippen molar-refractivity contribution in [3.63, 3.8) is 0 Å². The largest absolute Gasteiger partial charge is 0.493 e. The number of carbonyl (C=O) groups excluding carboxylic acids is 1. The number of anilines is 2. The standard InChI is InChI=1S/C25H22FN5O4S/c1-33-19-10-14(11-20(34-2)23(19)35-3)22-15(12-27)24(29)31-25(16(22)13-28)36-9-8-21(32)30-18-7-5-4-6-17(18)26/h4-7,10-11H,8-9H2,1-3H3,(H2,29,31)(H,30,32). The lowest BCUT2D eigenvalue weighted by molar-refractivity contribution is -0.115. The topological polar surface area (TPSA) is 143 Å². The normalized spacial score (nSPS) is 10.2. The molecule has 2 aromatic carbocycles. The van der Waals surface area contributed by atoms with Crippen LogP contribution in [-0.4, -0.2) is 38.0 Å². The van der Waals surface area contributed by atoms with Crippen molar-refractivity contribution >= 4 is 29.2 Å². The maximum Gasteiger partial charge on any atom is 0.225 e. The van der Waals surface area contributed by atoms with Crippen LogP contribution in [-0.2, 0) is 4.79 Å². The fraction of sp³-hybridized carbons (Fsp3) is 0.200. The van der Waals surface area contributed by atoms with Crippen molar-refractivity contribution in [1.29, 1.82) is 10.5 Å². The number of nitrogens with one attached hydrogen (secondary N) is 1. The van der Waals surface area contributed by atoms with E-state index in [0.717, 1.165) is 11.8 Å². The van der Waals surface area contributed by atoms with Crippen LogP contribution in [0.15, 0.2) is 41.4 Å². The third-order valence-electron chi connectivity index (χ3n) is 5.08. The van der Waals surface area contributed by atoms with Crippen LogP contribution in [0.4, 0.5) is 15.9 Å². The minimum atomic E-state index is -0.540. The first-order chi connectivity index (χ1) is 17.4. The van der Waals surface area contributed by atoms with Crippen molar-refractivity contribution in [2.75, 3.05) is 38.1 Å². The second-order valence-electron chi connectivity index (χ2n) is 7.19. The van der Waals surface area contributed by atoms with E-state index in [0.29, 0.717) is 22.8 Å². The Hall–Kier alpha value is -4.48. The maximum atomic E-state index is 13.8. The number of thioether (sulfide) groups is 1. The average Bonchev–Trinajstić information content (AvgIpc) is 2.88. The van der Waals surface area contributed by atoms with Crippen molar-refractivity contribution in [3.05, 3.63) is 53.3 Å². The van der Waals surface area contributed by atoms with E-state index in [-0.39, 0.29) is 45.4 Å². The summed E-state index contributed by atoms with van der Waals surface area (Å²) in [4.78, 5) is 16.5. The maximum absolute atomic E-state index is 13.8. The van der Waals surface area contributed by atoms with E-state index >= 15 is 0 Å². The van der Waals surface area contributed by atoms with Gasteiger partial charge in [0.15, 0.2) is 11.5 Å². The van der Waals surface area contributed by atoms with E-state index in [2.05, 4.69) is 16.4 Å². The summed E-state index contributed by atoms with van der Waals surface area (Å²) in [7, 11) is 4.36. The van der Waals surface area contributed by atoms with E-state index in [4.69, 9.17) is 19.9 Å². The van der Waals surface area contributed by atoms with Crippen LogP contribution in [0, 0.1) is 28.5 Å². The van der Waals surface area contributed by atoms with Gasteiger partial charge in [0, 0.05) is 17.7 Å². The molecule has 1 heterocycles. The molecule has 1 aromatic heterocycles. The molecule has 0 aliphatic heterocycles. The number of hydrogen-bond donors (Lipinski definition) is 2. The first kappa shape index (κ1) is 26.1. The Morgan fingerprint density at radius 2 is 1.72 bits per heavy atom. The van der Waals surface area contributed by atoms with E-state index in [1.165, 1.54) is 39.5 Å². The molecule has 11 heteroatoms. The molecule has 0 unspecified atom stereocenters. The minimum Gasteiger partial charge on any atom is -0.493 e. The predicted molar refractivity (Wildman–Crippen MR) is 134 cm³/mol. The molecule has 36 heavy (non-hydrogen) atoms. The van der Waals surface area contributed by atoms with Gasteiger partial charge in [-0.15, -0.1) is 11.8 Å². The molecule has 3 aromatic rings. The van der Waals surface area contributed by atoms with Gasteiger partial charge in [-0.3, -0.25) is 4.79 Å². The Kier molecular flexibility index (Phi) is 8.55. The summed E-state index contributed by atoms with van der Waals surface area (Å²) >= 11 is 1.12. The number of ether oxygens (including phenoxy) is 3. The zero-order chi connectivity index (χ0) is 26.2. The van der Waals surface area contributed by atoms with Gasteiger partial charge in [0.05, 0.1) is 32.6 Å². The number of methoxy groups -OCH3 is 3. The summed E-state index contributed by atoms with van der Waals surface area (Å²) < 4.78 is 29.9. The Morgan fingerprint density at radius 3 is 2.28 bits per heavy atom. The highest BCUT2D eigenvalue weighted by Gasteiger charge is 2.23. The Morgan fingerprint density at radius 1 is 1.08 bits per heavy atom. The zero-order valence-corrected chi connectivity index (χ0v) is 20.5. The number of nitrogens with zero attached hydrogens (tertiary/aromatic N) is 3. The number of rotatable bonds is 9. The van der Waals surface area contributed by atoms with Gasteiger partial charge in [0.1, 0.15) is 34.4 Å². The highest BCUT2D eigenvalue weighted by molar-refractivity contribution is 7.99. The van der Waals surface area contributed by atoms with E-state index in [1.54, 1.807) is 18.2 Å². The van der Waals surface area contributed by atoms with Crippen molar-refractivity contribution in [1.82, 2.24) is 4.98 Å². The van der Waals surface area contributed by atoms with Crippen LogP contribution < -0.4 is 25.3 Å². The van der Waals surface area contributed by atoms with Gasteiger partial charge >= 0.3 is 0 Å². The lowest BCUT2D eigenvalue weighted by Crippen LogP contribution is -2.13. The average molecular weight is 508 g/mol. The Bertz CT molecular complexity index is 1360. The van der Waals surface area contributed by atoms with Gasteiger partial charge in [-0.1, -0.05) is 12.1 Å². The molecule has 0 saturated heterocycles. The zero-order valence-electron chi connectivity index (χ0n) is 19.7. The first-order valence-corrected chi connectivity index (χ1v) is 11.5. The number of carbonyl (C=O) groups is 1. The number of para-hydroxylation sites is 1. The van der Waals surface area contributed by atoms with Gasteiger partial charge in [-0.25, -0.2) is 9.37 Å². The van der Waals surface area contributed by atoms with Gasteiger partial charge in [-0.2, -0.15) is 10.5 Å². The SMILES string of the molecule is COc1cc(-c2c(C#N)c(N)nc(SCCC(=O)Nc3ccccc3F)c2C#N)cc(OC)c1OC. The number of nitrogen functional groups attached to an aromatic ring is 1. The second kappa shape index (κ2) is 11.8. The molecule has 0 radical (unpaired) electrons. The van der Waals surface area contributed by atoms with E-state index in [9.17, 15) is 19.7 Å². The highest BCUT2D eigenvalue weighted by atomic mass is 32.2. The summed E-state index contributed by atoms with van der Waals surface area (Å²) in [5, 5.41) is 22.5. The van der Waals surface area contributed by atoms with Gasteiger partial charge in [-0.05, 0) is 29.8 Å². The summed E-state index contributed by atoms with van der Waals surface area (Å²) in [6.45, 7) is 0. The molecule has 0 fully saturated rings. The van der Waals surface area contributed by atoms with Gasteiger partial charge < -0.3 is 25.3 Å². The fourth-order valence-electron chi connectivity index (χ4n) is 3.43. The van der Waals surface area contributed by atoms with Crippen molar-refractivity contribution < 1.29 is 23.4 Å². The molecule has 3 rings (SSSR count). The Balaban J connectivity index is 1.96. The number of nitriles is 2. The first-order valence-electron chi connectivity index (χ1n) is 10.5. The summed E-state index contributed by atoms with van der Waals surface area (Å²) in [5.74, 6) is 0.210. The van der Waals surface area contributed by atoms with E-state index in [1.807, 2.05) is 6.07 Å². The minimum absolute atomic E-state index is 0.0162. The second-order valence-corrected chi connectivity index (χ2v) is 8.27. The van der Waals surface area contributed by atoms with Crippen LogP contribution in [0.5, 0.6) is 17.2 Å². The van der Waals surface area contributed by atoms with Crippen molar-refractivity contribution in [2.45, 2.75) is 11.4 Å². The number of hydrogen-bond acceptors (Lipinski definition) is 9.